The standard InChI is InChI=1S/C17H18BrFO2/c1-3-8-21-16-7-5-13(10-14(16)18)17(20)12-4-6-15(19)11(2)9-12/h4-7,9-10,17,20H,3,8H2,1-2H3. The number of aliphatic hydroxyl groups is 1. The number of halogens is 2. The molecule has 2 nitrogen and oxygen atoms in total. The summed E-state index contributed by atoms with van der Waals surface area (Å²) in [7, 11) is 0. The molecule has 1 N–H and O–H groups in total. The van der Waals surface area contributed by atoms with Gasteiger partial charge in [-0.2, -0.15) is 0 Å². The maximum atomic E-state index is 13.3. The van der Waals surface area contributed by atoms with Crippen molar-refractivity contribution in [1.29, 1.82) is 0 Å². The van der Waals surface area contributed by atoms with Crippen LogP contribution in [-0.2, 0) is 0 Å². The third kappa shape index (κ3) is 3.83. The highest BCUT2D eigenvalue weighted by atomic mass is 79.9. The normalized spacial score (nSPS) is 12.2. The second-order valence-corrected chi connectivity index (χ2v) is 5.80. The lowest BCUT2D eigenvalue weighted by atomic mass is 10.00. The molecule has 1 unspecified atom stereocenters. The van der Waals surface area contributed by atoms with Gasteiger partial charge in [0.05, 0.1) is 11.1 Å². The monoisotopic (exact) mass is 352 g/mol. The Bertz CT molecular complexity index is 628. The van der Waals surface area contributed by atoms with Crippen LogP contribution in [0, 0.1) is 12.7 Å². The summed E-state index contributed by atoms with van der Waals surface area (Å²) in [6, 6.07) is 10.1. The van der Waals surface area contributed by atoms with E-state index in [9.17, 15) is 9.50 Å². The second-order valence-electron chi connectivity index (χ2n) is 4.95. The van der Waals surface area contributed by atoms with Crippen LogP contribution in [0.25, 0.3) is 0 Å². The summed E-state index contributed by atoms with van der Waals surface area (Å²) in [6.45, 7) is 4.38. The summed E-state index contributed by atoms with van der Waals surface area (Å²) in [5.41, 5.74) is 1.92. The van der Waals surface area contributed by atoms with Crippen LogP contribution >= 0.6 is 15.9 Å². The van der Waals surface area contributed by atoms with E-state index in [0.29, 0.717) is 17.7 Å². The zero-order valence-corrected chi connectivity index (χ0v) is 13.7. The Kier molecular flexibility index (Phi) is 5.37. The quantitative estimate of drug-likeness (QED) is 0.839. The number of benzene rings is 2. The van der Waals surface area contributed by atoms with Gasteiger partial charge in [0.1, 0.15) is 17.7 Å². The van der Waals surface area contributed by atoms with Crippen molar-refractivity contribution in [3.05, 3.63) is 63.4 Å². The minimum Gasteiger partial charge on any atom is -0.492 e. The Morgan fingerprint density at radius 1 is 1.19 bits per heavy atom. The SMILES string of the molecule is CCCOc1ccc(C(O)c2ccc(F)c(C)c2)cc1Br. The molecule has 112 valence electrons. The van der Waals surface area contributed by atoms with Gasteiger partial charge in [0.15, 0.2) is 0 Å². The molecule has 0 aliphatic rings. The Morgan fingerprint density at radius 3 is 2.48 bits per heavy atom. The summed E-state index contributed by atoms with van der Waals surface area (Å²) in [4.78, 5) is 0. The van der Waals surface area contributed by atoms with E-state index in [1.54, 1.807) is 19.1 Å². The van der Waals surface area contributed by atoms with E-state index >= 15 is 0 Å². The maximum Gasteiger partial charge on any atom is 0.133 e. The van der Waals surface area contributed by atoms with Gasteiger partial charge in [-0.25, -0.2) is 4.39 Å². The van der Waals surface area contributed by atoms with Crippen LogP contribution in [0.2, 0.25) is 0 Å². The van der Waals surface area contributed by atoms with Gasteiger partial charge in [-0.1, -0.05) is 25.1 Å². The fraction of sp³-hybridized carbons (Fsp3) is 0.294. The first-order valence-electron chi connectivity index (χ1n) is 6.89. The first-order chi connectivity index (χ1) is 10.0. The maximum absolute atomic E-state index is 13.3. The minimum absolute atomic E-state index is 0.268. The molecule has 0 amide bonds. The van der Waals surface area contributed by atoms with Crippen LogP contribution in [0.15, 0.2) is 40.9 Å². The summed E-state index contributed by atoms with van der Waals surface area (Å²) in [5.74, 6) is 0.485. The average molecular weight is 353 g/mol. The van der Waals surface area contributed by atoms with E-state index in [1.165, 1.54) is 6.07 Å². The first-order valence-corrected chi connectivity index (χ1v) is 7.68. The van der Waals surface area contributed by atoms with Crippen LogP contribution in [0.5, 0.6) is 5.75 Å². The molecule has 0 saturated carbocycles. The summed E-state index contributed by atoms with van der Waals surface area (Å²) in [6.07, 6.45) is 0.145. The Labute approximate surface area is 132 Å². The smallest absolute Gasteiger partial charge is 0.133 e. The molecule has 0 fully saturated rings. The van der Waals surface area contributed by atoms with Gasteiger partial charge in [-0.3, -0.25) is 0 Å². The summed E-state index contributed by atoms with van der Waals surface area (Å²) < 4.78 is 19.7. The molecule has 2 rings (SSSR count). The van der Waals surface area contributed by atoms with E-state index < -0.39 is 6.10 Å². The summed E-state index contributed by atoms with van der Waals surface area (Å²) >= 11 is 3.45. The van der Waals surface area contributed by atoms with Crippen LogP contribution in [0.1, 0.15) is 36.1 Å². The minimum atomic E-state index is -0.791. The van der Waals surface area contributed by atoms with Crippen molar-refractivity contribution in [2.45, 2.75) is 26.4 Å². The zero-order valence-electron chi connectivity index (χ0n) is 12.1. The van der Waals surface area contributed by atoms with E-state index in [4.69, 9.17) is 4.74 Å². The number of hydrogen-bond donors (Lipinski definition) is 1. The topological polar surface area (TPSA) is 29.5 Å². The molecular formula is C17H18BrFO2. The van der Waals surface area contributed by atoms with E-state index in [1.807, 2.05) is 25.1 Å². The number of hydrogen-bond acceptors (Lipinski definition) is 2. The Hall–Kier alpha value is -1.39. The molecule has 21 heavy (non-hydrogen) atoms. The highest BCUT2D eigenvalue weighted by molar-refractivity contribution is 9.10. The molecule has 0 spiro atoms. The van der Waals surface area contributed by atoms with Gasteiger partial charge in [-0.05, 0) is 64.2 Å². The molecule has 4 heteroatoms. The molecule has 2 aromatic rings. The predicted molar refractivity (Wildman–Crippen MR) is 85.1 cm³/mol. The molecule has 0 radical (unpaired) electrons. The van der Waals surface area contributed by atoms with Gasteiger partial charge in [-0.15, -0.1) is 0 Å². The van der Waals surface area contributed by atoms with Gasteiger partial charge in [0, 0.05) is 0 Å². The molecule has 0 aliphatic carbocycles. The van der Waals surface area contributed by atoms with Crippen LogP contribution in [0.3, 0.4) is 0 Å². The molecule has 0 heterocycles. The lowest BCUT2D eigenvalue weighted by molar-refractivity contribution is 0.220. The van der Waals surface area contributed by atoms with Crippen molar-refractivity contribution >= 4 is 15.9 Å². The van der Waals surface area contributed by atoms with Crippen LogP contribution < -0.4 is 4.74 Å². The number of aryl methyl sites for hydroxylation is 1. The summed E-state index contributed by atoms with van der Waals surface area (Å²) in [5, 5.41) is 10.4. The van der Waals surface area contributed by atoms with Crippen molar-refractivity contribution in [2.24, 2.45) is 0 Å². The molecule has 2 aromatic carbocycles. The molecule has 1 atom stereocenters. The average Bonchev–Trinajstić information content (AvgIpc) is 2.48. The Balaban J connectivity index is 2.24. The number of aliphatic hydroxyl groups excluding tert-OH is 1. The van der Waals surface area contributed by atoms with Crippen molar-refractivity contribution in [1.82, 2.24) is 0 Å². The Morgan fingerprint density at radius 2 is 1.86 bits per heavy atom. The highest BCUT2D eigenvalue weighted by Gasteiger charge is 2.13. The van der Waals surface area contributed by atoms with Crippen molar-refractivity contribution < 1.29 is 14.2 Å². The van der Waals surface area contributed by atoms with E-state index in [0.717, 1.165) is 22.2 Å². The lowest BCUT2D eigenvalue weighted by Crippen LogP contribution is -2.02. The number of rotatable bonds is 5. The molecule has 0 aromatic heterocycles. The van der Waals surface area contributed by atoms with Crippen molar-refractivity contribution in [3.8, 4) is 5.75 Å². The van der Waals surface area contributed by atoms with Gasteiger partial charge >= 0.3 is 0 Å². The predicted octanol–water partition coefficient (Wildman–Crippen LogP) is 4.77. The highest BCUT2D eigenvalue weighted by Crippen LogP contribution is 2.31. The van der Waals surface area contributed by atoms with Gasteiger partial charge in [0.2, 0.25) is 0 Å². The van der Waals surface area contributed by atoms with Gasteiger partial charge < -0.3 is 9.84 Å². The largest absolute Gasteiger partial charge is 0.492 e. The fourth-order valence-corrected chi connectivity index (χ4v) is 2.56. The third-order valence-corrected chi connectivity index (χ3v) is 3.85. The zero-order chi connectivity index (χ0) is 15.4. The van der Waals surface area contributed by atoms with E-state index in [2.05, 4.69) is 15.9 Å². The van der Waals surface area contributed by atoms with Gasteiger partial charge in [0.25, 0.3) is 0 Å². The first kappa shape index (κ1) is 16.0. The second kappa shape index (κ2) is 7.05. The lowest BCUT2D eigenvalue weighted by Gasteiger charge is -2.14. The molecule has 0 saturated heterocycles. The third-order valence-electron chi connectivity index (χ3n) is 3.23. The number of ether oxygens (including phenoxy) is 1. The van der Waals surface area contributed by atoms with Crippen molar-refractivity contribution in [2.75, 3.05) is 6.61 Å². The molecular weight excluding hydrogens is 335 g/mol. The van der Waals surface area contributed by atoms with E-state index in [-0.39, 0.29) is 5.82 Å². The van der Waals surface area contributed by atoms with Crippen LogP contribution in [-0.4, -0.2) is 11.7 Å². The fourth-order valence-electron chi connectivity index (χ4n) is 2.05. The van der Waals surface area contributed by atoms with Crippen molar-refractivity contribution in [3.63, 3.8) is 0 Å². The van der Waals surface area contributed by atoms with Crippen LogP contribution in [0.4, 0.5) is 4.39 Å². The molecule has 0 bridgehead atoms. The molecule has 0 aliphatic heterocycles.